The Morgan fingerprint density at radius 1 is 1.08 bits per heavy atom. The Balaban J connectivity index is 3.32. The highest BCUT2D eigenvalue weighted by molar-refractivity contribution is 4.58. The van der Waals surface area contributed by atoms with Crippen molar-refractivity contribution in [1.29, 1.82) is 0 Å². The monoisotopic (exact) mass is 185 g/mol. The van der Waals surface area contributed by atoms with Crippen LogP contribution in [0, 0.1) is 5.92 Å². The minimum Gasteiger partial charge on any atom is -0.306 e. The van der Waals surface area contributed by atoms with E-state index in [0.29, 0.717) is 0 Å². The molecule has 0 bridgehead atoms. The maximum atomic E-state index is 2.48. The first-order valence-electron chi connectivity index (χ1n) is 5.89. The smallest absolute Gasteiger partial charge is 0.000397 e. The van der Waals surface area contributed by atoms with Crippen LogP contribution in [0.4, 0.5) is 0 Å². The Bertz CT molecular complexity index is 101. The molecule has 0 fully saturated rings. The predicted molar refractivity (Wildman–Crippen MR) is 61.1 cm³/mol. The SMILES string of the molecule is CCCCCN(C)C[C@@H](C)CCC. The summed E-state index contributed by atoms with van der Waals surface area (Å²) in [6, 6.07) is 0. The average Bonchev–Trinajstić information content (AvgIpc) is 2.05. The fraction of sp³-hybridized carbons (Fsp3) is 1.00. The first-order chi connectivity index (χ1) is 6.20. The van der Waals surface area contributed by atoms with E-state index in [1.807, 2.05) is 0 Å². The van der Waals surface area contributed by atoms with Gasteiger partial charge in [0.2, 0.25) is 0 Å². The molecular formula is C12H27N. The standard InChI is InChI=1S/C12H27N/c1-5-7-8-10-13(4)11-12(3)9-6-2/h12H,5-11H2,1-4H3/t12-/m0/s1. The molecule has 0 saturated carbocycles. The molecule has 0 spiro atoms. The first kappa shape index (κ1) is 13.0. The van der Waals surface area contributed by atoms with E-state index >= 15 is 0 Å². The molecular weight excluding hydrogens is 158 g/mol. The van der Waals surface area contributed by atoms with Crippen LogP contribution in [0.2, 0.25) is 0 Å². The molecule has 0 aliphatic carbocycles. The van der Waals surface area contributed by atoms with Gasteiger partial charge in [-0.25, -0.2) is 0 Å². The Hall–Kier alpha value is -0.0400. The highest BCUT2D eigenvalue weighted by Crippen LogP contribution is 2.07. The number of nitrogens with zero attached hydrogens (tertiary/aromatic N) is 1. The molecule has 0 radical (unpaired) electrons. The molecule has 0 unspecified atom stereocenters. The molecule has 0 aromatic rings. The zero-order chi connectivity index (χ0) is 10.1. The second kappa shape index (κ2) is 8.55. The van der Waals surface area contributed by atoms with Crippen LogP contribution in [-0.4, -0.2) is 25.0 Å². The molecule has 0 aromatic heterocycles. The zero-order valence-electron chi connectivity index (χ0n) is 9.97. The molecule has 0 aliphatic heterocycles. The van der Waals surface area contributed by atoms with Crippen molar-refractivity contribution in [3.8, 4) is 0 Å². The van der Waals surface area contributed by atoms with Gasteiger partial charge in [0.25, 0.3) is 0 Å². The van der Waals surface area contributed by atoms with E-state index in [1.54, 1.807) is 0 Å². The molecule has 0 N–H and O–H groups in total. The van der Waals surface area contributed by atoms with Crippen LogP contribution in [0.25, 0.3) is 0 Å². The van der Waals surface area contributed by atoms with Crippen molar-refractivity contribution in [2.45, 2.75) is 52.9 Å². The van der Waals surface area contributed by atoms with Gasteiger partial charge in [0.15, 0.2) is 0 Å². The van der Waals surface area contributed by atoms with E-state index in [0.717, 1.165) is 5.92 Å². The van der Waals surface area contributed by atoms with Gasteiger partial charge in [-0.3, -0.25) is 0 Å². The van der Waals surface area contributed by atoms with Crippen molar-refractivity contribution >= 4 is 0 Å². The van der Waals surface area contributed by atoms with Crippen molar-refractivity contribution in [3.63, 3.8) is 0 Å². The van der Waals surface area contributed by atoms with Gasteiger partial charge in [0, 0.05) is 6.54 Å². The van der Waals surface area contributed by atoms with Crippen molar-refractivity contribution in [1.82, 2.24) is 4.90 Å². The van der Waals surface area contributed by atoms with Gasteiger partial charge in [-0.15, -0.1) is 0 Å². The summed E-state index contributed by atoms with van der Waals surface area (Å²) in [5.74, 6) is 0.872. The van der Waals surface area contributed by atoms with Crippen LogP contribution in [-0.2, 0) is 0 Å². The van der Waals surface area contributed by atoms with Gasteiger partial charge < -0.3 is 4.90 Å². The number of unbranched alkanes of at least 4 members (excludes halogenated alkanes) is 2. The Kier molecular flexibility index (Phi) is 8.53. The lowest BCUT2D eigenvalue weighted by Crippen LogP contribution is -2.25. The summed E-state index contributed by atoms with van der Waals surface area (Å²) in [6.45, 7) is 9.45. The molecule has 13 heavy (non-hydrogen) atoms. The van der Waals surface area contributed by atoms with Crippen LogP contribution in [0.1, 0.15) is 52.9 Å². The molecule has 1 heteroatoms. The number of rotatable bonds is 8. The van der Waals surface area contributed by atoms with E-state index in [1.165, 1.54) is 45.2 Å². The lowest BCUT2D eigenvalue weighted by atomic mass is 10.1. The van der Waals surface area contributed by atoms with Crippen molar-refractivity contribution in [2.75, 3.05) is 20.1 Å². The fourth-order valence-corrected chi connectivity index (χ4v) is 1.84. The number of hydrogen-bond donors (Lipinski definition) is 0. The normalized spacial score (nSPS) is 13.6. The van der Waals surface area contributed by atoms with E-state index in [2.05, 4.69) is 32.7 Å². The number of hydrogen-bond acceptors (Lipinski definition) is 1. The van der Waals surface area contributed by atoms with Crippen LogP contribution in [0.3, 0.4) is 0 Å². The quantitative estimate of drug-likeness (QED) is 0.523. The minimum absolute atomic E-state index is 0.872. The van der Waals surface area contributed by atoms with E-state index in [-0.39, 0.29) is 0 Å². The highest BCUT2D eigenvalue weighted by Gasteiger charge is 2.04. The molecule has 0 aromatic carbocycles. The van der Waals surface area contributed by atoms with E-state index < -0.39 is 0 Å². The molecule has 0 amide bonds. The van der Waals surface area contributed by atoms with Crippen LogP contribution in [0.5, 0.6) is 0 Å². The summed E-state index contributed by atoms with van der Waals surface area (Å²) in [7, 11) is 2.25. The summed E-state index contributed by atoms with van der Waals surface area (Å²) < 4.78 is 0. The fourth-order valence-electron chi connectivity index (χ4n) is 1.84. The Morgan fingerprint density at radius 3 is 2.31 bits per heavy atom. The summed E-state index contributed by atoms with van der Waals surface area (Å²) in [4.78, 5) is 2.48. The van der Waals surface area contributed by atoms with Crippen LogP contribution in [0.15, 0.2) is 0 Å². The van der Waals surface area contributed by atoms with Gasteiger partial charge in [-0.2, -0.15) is 0 Å². The first-order valence-corrected chi connectivity index (χ1v) is 5.89. The van der Waals surface area contributed by atoms with E-state index in [4.69, 9.17) is 0 Å². The maximum Gasteiger partial charge on any atom is 0.000397 e. The summed E-state index contributed by atoms with van der Waals surface area (Å²) in [5.41, 5.74) is 0. The van der Waals surface area contributed by atoms with Crippen molar-refractivity contribution < 1.29 is 0 Å². The zero-order valence-corrected chi connectivity index (χ0v) is 9.97. The minimum atomic E-state index is 0.872. The van der Waals surface area contributed by atoms with Gasteiger partial charge in [-0.1, -0.05) is 40.0 Å². The topological polar surface area (TPSA) is 3.24 Å². The lowest BCUT2D eigenvalue weighted by molar-refractivity contribution is 0.272. The maximum absolute atomic E-state index is 2.48. The predicted octanol–water partition coefficient (Wildman–Crippen LogP) is 3.54. The molecule has 0 saturated heterocycles. The highest BCUT2D eigenvalue weighted by atomic mass is 15.1. The molecule has 1 nitrogen and oxygen atoms in total. The molecule has 80 valence electrons. The van der Waals surface area contributed by atoms with Gasteiger partial charge in [-0.05, 0) is 32.4 Å². The molecule has 0 rings (SSSR count). The Morgan fingerprint density at radius 2 is 1.77 bits per heavy atom. The van der Waals surface area contributed by atoms with Gasteiger partial charge >= 0.3 is 0 Å². The van der Waals surface area contributed by atoms with Gasteiger partial charge in [0.05, 0.1) is 0 Å². The van der Waals surface area contributed by atoms with E-state index in [9.17, 15) is 0 Å². The molecule has 0 aliphatic rings. The molecule has 0 heterocycles. The largest absolute Gasteiger partial charge is 0.306 e. The summed E-state index contributed by atoms with van der Waals surface area (Å²) >= 11 is 0. The Labute approximate surface area is 84.5 Å². The lowest BCUT2D eigenvalue weighted by Gasteiger charge is -2.20. The van der Waals surface area contributed by atoms with Crippen LogP contribution < -0.4 is 0 Å². The second-order valence-corrected chi connectivity index (χ2v) is 4.36. The average molecular weight is 185 g/mol. The summed E-state index contributed by atoms with van der Waals surface area (Å²) in [6.07, 6.45) is 6.78. The third kappa shape index (κ3) is 8.29. The molecule has 1 atom stereocenters. The van der Waals surface area contributed by atoms with Gasteiger partial charge in [0.1, 0.15) is 0 Å². The second-order valence-electron chi connectivity index (χ2n) is 4.36. The van der Waals surface area contributed by atoms with Crippen LogP contribution >= 0.6 is 0 Å². The third-order valence-corrected chi connectivity index (χ3v) is 2.55. The van der Waals surface area contributed by atoms with Crippen molar-refractivity contribution in [3.05, 3.63) is 0 Å². The van der Waals surface area contributed by atoms with Crippen molar-refractivity contribution in [2.24, 2.45) is 5.92 Å². The third-order valence-electron chi connectivity index (χ3n) is 2.55. The summed E-state index contributed by atoms with van der Waals surface area (Å²) in [5, 5.41) is 0.